The van der Waals surface area contributed by atoms with Crippen LogP contribution in [0, 0.1) is 11.3 Å². The van der Waals surface area contributed by atoms with E-state index in [-0.39, 0.29) is 27.4 Å². The number of pyridine rings is 1. The van der Waals surface area contributed by atoms with Crippen molar-refractivity contribution < 1.29 is 9.52 Å². The van der Waals surface area contributed by atoms with Crippen LogP contribution in [0.2, 0.25) is 13.1 Å². The number of aromatic nitrogens is 6. The Labute approximate surface area is 483 Å². The maximum absolute atomic E-state index is 12.8. The molecule has 0 saturated carbocycles. The smallest absolute Gasteiger partial charge is 0.297 e. The Kier molecular flexibility index (Phi) is 13.1. The lowest BCUT2D eigenvalue weighted by molar-refractivity contribution is 0.446. The quantitative estimate of drug-likeness (QED) is 0.155. The highest BCUT2D eigenvalue weighted by atomic mass is 28.3. The highest BCUT2D eigenvalue weighted by Crippen LogP contribution is 2.48. The van der Waals surface area contributed by atoms with Crippen LogP contribution in [0.15, 0.2) is 135 Å². The topological polar surface area (TPSA) is 151 Å². The molecular weight excluding hydrogens is 1030 g/mol. The third kappa shape index (κ3) is 10.1. The normalized spacial score (nSPS) is 14.1. The van der Waals surface area contributed by atoms with Crippen LogP contribution in [-0.2, 0) is 27.1 Å². The van der Waals surface area contributed by atoms with Crippen LogP contribution >= 0.6 is 0 Å². The zero-order valence-corrected chi connectivity index (χ0v) is 51.5. The molecule has 1 aliphatic rings. The molecule has 1 aliphatic heterocycles. The Morgan fingerprint density at radius 2 is 1.24 bits per heavy atom. The van der Waals surface area contributed by atoms with Gasteiger partial charge in [0.05, 0.1) is 45.3 Å². The minimum atomic E-state index is -2.23. The van der Waals surface area contributed by atoms with E-state index in [0.29, 0.717) is 62.6 Å². The molecule has 0 radical (unpaired) electrons. The summed E-state index contributed by atoms with van der Waals surface area (Å²) in [5.74, 6) is 2.77. The first-order valence-corrected chi connectivity index (χ1v) is 31.2. The highest BCUT2D eigenvalue weighted by molar-refractivity contribution is 6.81. The minimum absolute atomic E-state index is 0.138. The zero-order valence-electron chi connectivity index (χ0n) is 50.5. The number of furan rings is 1. The number of hydrogen-bond donors (Lipinski definition) is 1. The molecule has 0 amide bonds. The number of imidazole rings is 1. The van der Waals surface area contributed by atoms with E-state index in [1.165, 1.54) is 5.56 Å². The van der Waals surface area contributed by atoms with Gasteiger partial charge in [-0.1, -0.05) is 158 Å². The van der Waals surface area contributed by atoms with Crippen LogP contribution in [0.1, 0.15) is 143 Å². The van der Waals surface area contributed by atoms with Crippen LogP contribution in [-0.4, -0.2) is 54.9 Å². The Morgan fingerprint density at radius 1 is 0.561 bits per heavy atom. The second-order valence-electron chi connectivity index (χ2n) is 27.7. The van der Waals surface area contributed by atoms with Gasteiger partial charge >= 0.3 is 0 Å². The van der Waals surface area contributed by atoms with Crippen molar-refractivity contribution in [2.75, 3.05) is 0 Å². The molecule has 4 aromatic heterocycles. The summed E-state index contributed by atoms with van der Waals surface area (Å²) >= 11 is 0. The van der Waals surface area contributed by atoms with E-state index in [1.807, 2.05) is 30.3 Å². The van der Waals surface area contributed by atoms with Gasteiger partial charge in [0.25, 0.3) is 8.40 Å². The van der Waals surface area contributed by atoms with Crippen molar-refractivity contribution in [3.8, 4) is 73.8 Å². The van der Waals surface area contributed by atoms with E-state index in [0.717, 1.165) is 72.0 Å². The summed E-state index contributed by atoms with van der Waals surface area (Å²) in [5.41, 5.74) is 13.8. The summed E-state index contributed by atoms with van der Waals surface area (Å²) in [5, 5.41) is 25.2. The summed E-state index contributed by atoms with van der Waals surface area (Å²) < 4.78 is 19.0. The third-order valence-corrected chi connectivity index (χ3v) is 17.0. The summed E-state index contributed by atoms with van der Waals surface area (Å²) in [6, 6.07) is 42.5. The van der Waals surface area contributed by atoms with Crippen molar-refractivity contribution in [1.82, 2.24) is 29.5 Å². The van der Waals surface area contributed by atoms with Gasteiger partial charge in [-0.25, -0.2) is 19.9 Å². The van der Waals surface area contributed by atoms with Gasteiger partial charge in [0.2, 0.25) is 0 Å². The molecule has 82 heavy (non-hydrogen) atoms. The van der Waals surface area contributed by atoms with Crippen molar-refractivity contribution in [1.29, 1.82) is 5.26 Å². The first-order chi connectivity index (χ1) is 38.4. The second-order valence-corrected chi connectivity index (χ2v) is 31.2. The number of nitrogens with zero attached hydrogens (tertiary/aromatic N) is 9. The number of benzene rings is 6. The number of nitriles is 1. The van der Waals surface area contributed by atoms with Gasteiger partial charge in [-0.15, -0.1) is 0 Å². The Hall–Kier alpha value is -8.40. The molecule has 1 N–H and O–H groups in total. The van der Waals surface area contributed by atoms with E-state index in [2.05, 4.69) is 213 Å². The summed E-state index contributed by atoms with van der Waals surface area (Å²) in [6.45, 7) is 36.6. The molecule has 0 spiro atoms. The molecule has 0 atom stereocenters. The fourth-order valence-electron chi connectivity index (χ4n) is 10.8. The average molecular weight is 1100 g/mol. The summed E-state index contributed by atoms with van der Waals surface area (Å²) in [7, 11) is -2.23. The van der Waals surface area contributed by atoms with Gasteiger partial charge in [0.15, 0.2) is 5.82 Å². The predicted octanol–water partition coefficient (Wildman–Crippen LogP) is 17.5. The number of phenolic OH excluding ortho intramolecular Hbond substituents is 1. The van der Waals surface area contributed by atoms with Crippen LogP contribution in [0.5, 0.6) is 5.75 Å². The third-order valence-electron chi connectivity index (χ3n) is 15.5. The molecule has 6 aromatic carbocycles. The number of rotatable bonds is 7. The van der Waals surface area contributed by atoms with E-state index < -0.39 is 13.8 Å². The zero-order chi connectivity index (χ0) is 58.8. The molecule has 0 bridgehead atoms. The molecular formula is C70H73N9O2Si. The van der Waals surface area contributed by atoms with E-state index in [1.54, 1.807) is 12.4 Å². The molecule has 11 nitrogen and oxygen atoms in total. The van der Waals surface area contributed by atoms with Crippen molar-refractivity contribution in [3.63, 3.8) is 0 Å². The van der Waals surface area contributed by atoms with Gasteiger partial charge in [-0.2, -0.15) is 5.26 Å². The average Bonchev–Trinajstić information content (AvgIpc) is 2.60. The van der Waals surface area contributed by atoms with Crippen LogP contribution in [0.3, 0.4) is 0 Å². The fraction of sp³-hybridized carbons (Fsp3) is 0.314. The number of para-hydroxylation sites is 1. The van der Waals surface area contributed by atoms with Gasteiger partial charge in [-0.05, 0) is 112 Å². The molecule has 0 fully saturated rings. The summed E-state index contributed by atoms with van der Waals surface area (Å²) in [6.07, 6.45) is 3.60. The number of phenols is 1. The second kappa shape index (κ2) is 19.4. The lowest BCUT2D eigenvalue weighted by Crippen LogP contribution is -2.24. The molecule has 10 aromatic rings. The first kappa shape index (κ1) is 55.5. The molecule has 414 valence electrons. The lowest BCUT2D eigenvalue weighted by atomic mass is 9.79. The van der Waals surface area contributed by atoms with Crippen molar-refractivity contribution in [2.24, 2.45) is 9.32 Å². The van der Waals surface area contributed by atoms with E-state index in [4.69, 9.17) is 38.7 Å². The van der Waals surface area contributed by atoms with Crippen LogP contribution in [0.4, 0.5) is 0 Å². The Morgan fingerprint density at radius 3 is 1.87 bits per heavy atom. The number of aromatic hydroxyl groups is 1. The highest BCUT2D eigenvalue weighted by Gasteiger charge is 2.32. The molecule has 0 aliphatic carbocycles. The molecule has 0 saturated heterocycles. The van der Waals surface area contributed by atoms with E-state index in [9.17, 15) is 10.4 Å². The van der Waals surface area contributed by atoms with Crippen LogP contribution < -0.4 is 0 Å². The Balaban J connectivity index is 1.24. The number of hydrogen-bond acceptors (Lipinski definition) is 10. The molecule has 0 unspecified atom stereocenters. The van der Waals surface area contributed by atoms with Gasteiger partial charge < -0.3 is 14.2 Å². The van der Waals surface area contributed by atoms with Crippen molar-refractivity contribution in [3.05, 3.63) is 161 Å². The maximum Gasteiger partial charge on any atom is 0.297 e. The monoisotopic (exact) mass is 1100 g/mol. The summed E-state index contributed by atoms with van der Waals surface area (Å²) in [4.78, 5) is 26.0. The van der Waals surface area contributed by atoms with Crippen LogP contribution in [0.25, 0.3) is 94.9 Å². The van der Waals surface area contributed by atoms with Crippen molar-refractivity contribution in [2.45, 2.75) is 144 Å². The molecule has 12 heteroatoms. The molecule has 11 rings (SSSR count). The minimum Gasteiger partial charge on any atom is -0.507 e. The number of fused-ring (bicyclic) bond motifs is 4. The van der Waals surface area contributed by atoms with E-state index >= 15 is 0 Å². The maximum atomic E-state index is 12.8. The largest absolute Gasteiger partial charge is 0.507 e. The van der Waals surface area contributed by atoms with Gasteiger partial charge in [0.1, 0.15) is 34.4 Å². The predicted molar refractivity (Wildman–Crippen MR) is 339 cm³/mol. The van der Waals surface area contributed by atoms with Crippen molar-refractivity contribution >= 4 is 53.3 Å². The van der Waals surface area contributed by atoms with Gasteiger partial charge in [-0.3, -0.25) is 14.2 Å². The SMILES string of the molecule is CC(C)(C)c1ccc(-n2c(-c3cc(C(C)(C)C)cc(C(C)(C)C)c3O)nc3c(-c4cc(-c5cc(-c6nc(C(C)(C)C)nc(C(C)(C)C)n6)ccn5)c5oc6cc(C7=N[Si](C)(C)N=C7)c(C#N)cc6c5c4)cccc32)c(-c2ccccc2)c1. The van der Waals surface area contributed by atoms with Gasteiger partial charge in [0, 0.05) is 67.4 Å². The first-order valence-electron chi connectivity index (χ1n) is 28.3. The standard InChI is InChI=1S/C70H73N9O2Si/c1-66(2,3)44-26-27-56(48(34-44)40-22-19-18-20-23-40)79-57-25-21-24-46(59(57)74-63(79)52-35-45(67(4,5)6)36-53(60(52)80)68(7,8)9)42-30-50-49-32-43(38-71)47(55-39-73-82(16,17)78-55)37-58(49)81-61(50)51(31-42)54-33-41(28-29-72-54)62-75-64(69(10,11)12)77-65(76-62)70(13,14)15/h18-37,39,80H,1-17H3. The Bertz CT molecular complexity index is 4320. The fourth-order valence-corrected chi connectivity index (χ4v) is 12.0. The molecule has 5 heterocycles. The lowest BCUT2D eigenvalue weighted by Gasteiger charge is -2.28.